The fourth-order valence-electron chi connectivity index (χ4n) is 13.4. The molecule has 0 amide bonds. The molecule has 0 aromatic heterocycles. The predicted octanol–water partition coefficient (Wildman–Crippen LogP) is 3.37. The largest absolute Gasteiger partial charge is 0.373 e. The molecule has 0 saturated carbocycles. The molecule has 16 nitrogen and oxygen atoms in total. The van der Waals surface area contributed by atoms with Crippen LogP contribution in [0, 0.1) is 23.7 Å². The molecule has 0 radical (unpaired) electrons. The van der Waals surface area contributed by atoms with Gasteiger partial charge in [-0.2, -0.15) is 0 Å². The lowest BCUT2D eigenvalue weighted by Crippen LogP contribution is -2.56. The number of Topliss-reactive ketones (excluding diaryl/α,β-unsaturated/α-hetero) is 4. The molecule has 384 valence electrons. The Balaban J connectivity index is 0.000000170. The van der Waals surface area contributed by atoms with Gasteiger partial charge < -0.3 is 37.9 Å². The SMILES string of the molecule is CC(C)(C)O[C@@H]1[C@H]2[C@H]3CO[C@@H]1CN2CCC(=O)[C@@H]1CO[C@@H]2CN(CCC3=O)[C@H]1[C@H]2OC(C)(C)C.CC(C)(C)O[C@@H]1[C@H]2[C@H]3CO[C@@H]1CN2CCC(=O)[C@@H]1CO[C@@H]2CN(CCC3=O)[C@H]1[C@H]2OC(C)(C)C. The number of ketones is 4. The van der Waals surface area contributed by atoms with Crippen LogP contribution in [0.5, 0.6) is 0 Å². The second-order valence-corrected chi connectivity index (χ2v) is 25.5. The molecule has 10 aliphatic rings. The fourth-order valence-corrected chi connectivity index (χ4v) is 13.4. The number of hydrogen-bond acceptors (Lipinski definition) is 16. The van der Waals surface area contributed by atoms with E-state index in [1.165, 1.54) is 0 Å². The zero-order valence-corrected chi connectivity index (χ0v) is 43.2. The van der Waals surface area contributed by atoms with Crippen LogP contribution in [0.2, 0.25) is 0 Å². The highest BCUT2D eigenvalue weighted by molar-refractivity contribution is 5.85. The van der Waals surface area contributed by atoms with Crippen LogP contribution < -0.4 is 0 Å². The van der Waals surface area contributed by atoms with Crippen LogP contribution in [-0.2, 0) is 57.1 Å². The normalized spacial score (nSPS) is 41.9. The highest BCUT2D eigenvalue weighted by atomic mass is 16.6. The fraction of sp³-hybridized carbons (Fsp3) is 0.923. The number of ether oxygens (including phenoxy) is 8. The number of hydrogen-bond donors (Lipinski definition) is 0. The van der Waals surface area contributed by atoms with Crippen molar-refractivity contribution in [1.29, 1.82) is 0 Å². The van der Waals surface area contributed by atoms with Crippen molar-refractivity contribution in [2.75, 3.05) is 78.8 Å². The molecule has 16 atom stereocenters. The summed E-state index contributed by atoms with van der Waals surface area (Å²) in [6.07, 6.45) is 0.950. The molecule has 0 N–H and O–H groups in total. The third kappa shape index (κ3) is 10.8. The average molecular weight is 957 g/mol. The standard InChI is InChI=1S/2C26H42N2O6/c2*1-25(2,3)33-23-19-11-27-9-7-18(30)16-14-32-20-12-28(22(16)24(20)34-26(4,5)6)10-8-17(29)15(13-31-19)21(23)27/h2*15-16,19-24H,7-14H2,1-6H3/t2*15-,16-,19+,20+,21+,22+,23-,24-/m00/s1. The van der Waals surface area contributed by atoms with Crippen molar-refractivity contribution in [3.05, 3.63) is 0 Å². The van der Waals surface area contributed by atoms with Gasteiger partial charge in [-0.1, -0.05) is 0 Å². The molecule has 10 saturated heterocycles. The van der Waals surface area contributed by atoms with E-state index in [2.05, 4.69) is 19.6 Å². The van der Waals surface area contributed by atoms with Crippen LogP contribution >= 0.6 is 0 Å². The summed E-state index contributed by atoms with van der Waals surface area (Å²) in [5, 5.41) is 0. The van der Waals surface area contributed by atoms with E-state index in [1.807, 2.05) is 83.1 Å². The van der Waals surface area contributed by atoms with Gasteiger partial charge in [0.15, 0.2) is 0 Å². The molecule has 0 spiro atoms. The minimum Gasteiger partial charge on any atom is -0.373 e. The van der Waals surface area contributed by atoms with Gasteiger partial charge in [0.05, 0.1) is 121 Å². The van der Waals surface area contributed by atoms with Crippen molar-refractivity contribution in [1.82, 2.24) is 19.6 Å². The molecule has 0 aromatic rings. The molecule has 10 rings (SSSR count). The van der Waals surface area contributed by atoms with Gasteiger partial charge in [0.2, 0.25) is 0 Å². The maximum atomic E-state index is 13.6. The van der Waals surface area contributed by atoms with Crippen LogP contribution in [0.3, 0.4) is 0 Å². The highest BCUT2D eigenvalue weighted by Gasteiger charge is 2.59. The zero-order chi connectivity index (χ0) is 48.8. The molecular weight excluding hydrogens is 873 g/mol. The molecule has 10 heterocycles. The summed E-state index contributed by atoms with van der Waals surface area (Å²) in [5.74, 6) is 0.0305. The molecule has 10 aliphatic heterocycles. The van der Waals surface area contributed by atoms with Gasteiger partial charge in [0.25, 0.3) is 0 Å². The Hall–Kier alpha value is -1.80. The maximum Gasteiger partial charge on any atom is 0.141 e. The molecule has 68 heavy (non-hydrogen) atoms. The second kappa shape index (κ2) is 19.2. The summed E-state index contributed by atoms with van der Waals surface area (Å²) >= 11 is 0. The second-order valence-electron chi connectivity index (χ2n) is 25.5. The first-order chi connectivity index (χ1) is 31.8. The summed E-state index contributed by atoms with van der Waals surface area (Å²) in [6.45, 7) is 31.6. The van der Waals surface area contributed by atoms with Gasteiger partial charge in [-0.05, 0) is 83.1 Å². The first kappa shape index (κ1) is 51.1. The summed E-state index contributed by atoms with van der Waals surface area (Å²) < 4.78 is 50.4. The molecule has 8 bridgehead atoms. The monoisotopic (exact) mass is 957 g/mol. The van der Waals surface area contributed by atoms with Crippen molar-refractivity contribution in [3.8, 4) is 0 Å². The average Bonchev–Trinajstić information content (AvgIpc) is 3.71. The quantitative estimate of drug-likeness (QED) is 0.404. The molecule has 0 aliphatic carbocycles. The Morgan fingerprint density at radius 2 is 0.544 bits per heavy atom. The van der Waals surface area contributed by atoms with Gasteiger partial charge in [0, 0.05) is 78.0 Å². The number of fused-ring (bicyclic) bond motifs is 4. The van der Waals surface area contributed by atoms with Crippen LogP contribution in [-0.4, -0.2) is 217 Å². The molecular formula is C52H84N4O12. The van der Waals surface area contributed by atoms with Gasteiger partial charge in [-0.15, -0.1) is 0 Å². The Bertz CT molecular complexity index is 1610. The summed E-state index contributed by atoms with van der Waals surface area (Å²) in [6, 6.07) is -0.124. The number of nitrogens with zero attached hydrogens (tertiary/aromatic N) is 4. The third-order valence-corrected chi connectivity index (χ3v) is 16.0. The van der Waals surface area contributed by atoms with E-state index < -0.39 is 0 Å². The summed E-state index contributed by atoms with van der Waals surface area (Å²) in [4.78, 5) is 63.4. The predicted molar refractivity (Wildman–Crippen MR) is 251 cm³/mol. The Morgan fingerprint density at radius 1 is 0.353 bits per heavy atom. The van der Waals surface area contributed by atoms with E-state index in [-0.39, 0.29) is 142 Å². The Morgan fingerprint density at radius 3 is 0.721 bits per heavy atom. The van der Waals surface area contributed by atoms with E-state index in [1.54, 1.807) is 0 Å². The van der Waals surface area contributed by atoms with Gasteiger partial charge in [-0.25, -0.2) is 0 Å². The van der Waals surface area contributed by atoms with Crippen LogP contribution in [0.1, 0.15) is 109 Å². The van der Waals surface area contributed by atoms with Crippen LogP contribution in [0.4, 0.5) is 0 Å². The van der Waals surface area contributed by atoms with Gasteiger partial charge >= 0.3 is 0 Å². The molecule has 10 fully saturated rings. The van der Waals surface area contributed by atoms with Crippen LogP contribution in [0.15, 0.2) is 0 Å². The highest BCUT2D eigenvalue weighted by Crippen LogP contribution is 2.43. The van der Waals surface area contributed by atoms with Crippen molar-refractivity contribution in [3.63, 3.8) is 0 Å². The van der Waals surface area contributed by atoms with Crippen molar-refractivity contribution >= 4 is 23.1 Å². The lowest BCUT2D eigenvalue weighted by molar-refractivity contribution is -0.169. The van der Waals surface area contributed by atoms with Crippen LogP contribution in [0.25, 0.3) is 0 Å². The molecule has 0 unspecified atom stereocenters. The smallest absolute Gasteiger partial charge is 0.141 e. The van der Waals surface area contributed by atoms with Crippen molar-refractivity contribution in [2.24, 2.45) is 23.7 Å². The third-order valence-electron chi connectivity index (χ3n) is 16.0. The maximum absolute atomic E-state index is 13.6. The van der Waals surface area contributed by atoms with Crippen molar-refractivity contribution in [2.45, 2.75) is 204 Å². The van der Waals surface area contributed by atoms with E-state index >= 15 is 0 Å². The number of carbonyl (C=O) groups is 4. The molecule has 0 aromatic carbocycles. The van der Waals surface area contributed by atoms with E-state index in [9.17, 15) is 19.2 Å². The Kier molecular flexibility index (Phi) is 14.5. The van der Waals surface area contributed by atoms with E-state index in [0.29, 0.717) is 104 Å². The number of carbonyl (C=O) groups excluding carboxylic acids is 4. The van der Waals surface area contributed by atoms with E-state index in [0.717, 1.165) is 0 Å². The first-order valence-corrected chi connectivity index (χ1v) is 26.1. The summed E-state index contributed by atoms with van der Waals surface area (Å²) in [7, 11) is 0. The topological polar surface area (TPSA) is 155 Å². The minimum absolute atomic E-state index is 0.0309. The lowest BCUT2D eigenvalue weighted by Gasteiger charge is -2.42. The summed E-state index contributed by atoms with van der Waals surface area (Å²) in [5.41, 5.74) is -1.30. The zero-order valence-electron chi connectivity index (χ0n) is 43.2. The minimum atomic E-state index is -0.326. The Labute approximate surface area is 405 Å². The molecule has 16 heteroatoms. The van der Waals surface area contributed by atoms with Crippen molar-refractivity contribution < 1.29 is 57.1 Å². The van der Waals surface area contributed by atoms with Gasteiger partial charge in [-0.3, -0.25) is 38.8 Å². The van der Waals surface area contributed by atoms with Gasteiger partial charge in [0.1, 0.15) is 47.5 Å². The lowest BCUT2D eigenvalue weighted by atomic mass is 9.85. The number of rotatable bonds is 4. The first-order valence-electron chi connectivity index (χ1n) is 26.1. The van der Waals surface area contributed by atoms with E-state index in [4.69, 9.17) is 37.9 Å².